The van der Waals surface area contributed by atoms with Crippen molar-refractivity contribution in [3.8, 4) is 5.75 Å². The molecule has 0 aliphatic heterocycles. The molecule has 124 valence electrons. The fraction of sp³-hybridized carbons (Fsp3) is 0.0952. The number of hydrogen-bond donors (Lipinski definition) is 1. The van der Waals surface area contributed by atoms with Crippen LogP contribution in [0.2, 0.25) is 0 Å². The predicted molar refractivity (Wildman–Crippen MR) is 99.0 cm³/mol. The fourth-order valence-electron chi connectivity index (χ4n) is 2.94. The van der Waals surface area contributed by atoms with Gasteiger partial charge in [-0.05, 0) is 35.9 Å². The Morgan fingerprint density at radius 1 is 0.960 bits per heavy atom. The molecule has 0 atom stereocenters. The average Bonchev–Trinajstić information content (AvgIpc) is 3.00. The molecule has 25 heavy (non-hydrogen) atoms. The van der Waals surface area contributed by atoms with Crippen molar-refractivity contribution in [3.05, 3.63) is 72.3 Å². The summed E-state index contributed by atoms with van der Waals surface area (Å²) >= 11 is 0. The number of rotatable bonds is 4. The van der Waals surface area contributed by atoms with E-state index in [-0.39, 0.29) is 5.91 Å². The van der Waals surface area contributed by atoms with E-state index in [1.54, 1.807) is 7.11 Å². The maximum Gasteiger partial charge on any atom is 0.228 e. The fourth-order valence-corrected chi connectivity index (χ4v) is 2.94. The molecule has 1 N–H and O–H groups in total. The summed E-state index contributed by atoms with van der Waals surface area (Å²) in [5.74, 6) is 0.708. The Morgan fingerprint density at radius 2 is 1.72 bits per heavy atom. The largest absolute Gasteiger partial charge is 0.497 e. The van der Waals surface area contributed by atoms with Crippen molar-refractivity contribution >= 4 is 33.5 Å². The minimum atomic E-state index is -0.0689. The summed E-state index contributed by atoms with van der Waals surface area (Å²) in [7, 11) is 1.62. The molecule has 0 aliphatic carbocycles. The molecule has 1 heterocycles. The van der Waals surface area contributed by atoms with E-state index < -0.39 is 0 Å². The van der Waals surface area contributed by atoms with Crippen LogP contribution < -0.4 is 10.1 Å². The van der Waals surface area contributed by atoms with E-state index in [1.165, 1.54) is 0 Å². The minimum Gasteiger partial charge on any atom is -0.497 e. The third-order valence-electron chi connectivity index (χ3n) is 4.19. The Bertz CT molecular complexity index is 1050. The number of para-hydroxylation sites is 1. The quantitative estimate of drug-likeness (QED) is 0.586. The van der Waals surface area contributed by atoms with E-state index in [9.17, 15) is 4.79 Å². The van der Waals surface area contributed by atoms with Gasteiger partial charge in [0.2, 0.25) is 5.91 Å². The minimum absolute atomic E-state index is 0.0689. The lowest BCUT2D eigenvalue weighted by molar-refractivity contribution is -0.115. The molecule has 3 aromatic carbocycles. The zero-order chi connectivity index (χ0) is 17.2. The summed E-state index contributed by atoms with van der Waals surface area (Å²) in [4.78, 5) is 12.3. The maximum absolute atomic E-state index is 12.3. The number of carbonyl (C=O) groups excluding carboxylic acids is 1. The van der Waals surface area contributed by atoms with Crippen LogP contribution in [-0.4, -0.2) is 13.0 Å². The summed E-state index contributed by atoms with van der Waals surface area (Å²) in [6.45, 7) is 0. The Kier molecular flexibility index (Phi) is 3.86. The number of carbonyl (C=O) groups is 1. The first-order chi connectivity index (χ1) is 12.2. The van der Waals surface area contributed by atoms with Crippen LogP contribution in [0.1, 0.15) is 5.56 Å². The number of benzene rings is 3. The van der Waals surface area contributed by atoms with Crippen molar-refractivity contribution in [2.24, 2.45) is 0 Å². The Morgan fingerprint density at radius 3 is 2.52 bits per heavy atom. The van der Waals surface area contributed by atoms with Gasteiger partial charge in [0.1, 0.15) is 16.9 Å². The number of hydrogen-bond acceptors (Lipinski definition) is 3. The van der Waals surface area contributed by atoms with Gasteiger partial charge in [-0.2, -0.15) is 0 Å². The lowest BCUT2D eigenvalue weighted by Crippen LogP contribution is -2.14. The normalized spacial score (nSPS) is 10.9. The number of nitrogens with one attached hydrogen (secondary N) is 1. The van der Waals surface area contributed by atoms with Crippen molar-refractivity contribution < 1.29 is 13.9 Å². The maximum atomic E-state index is 12.3. The summed E-state index contributed by atoms with van der Waals surface area (Å²) in [5.41, 5.74) is 3.27. The van der Waals surface area contributed by atoms with Crippen LogP contribution in [0.15, 0.2) is 71.1 Å². The van der Waals surface area contributed by atoms with E-state index in [0.29, 0.717) is 6.42 Å². The number of amides is 1. The Labute approximate surface area is 145 Å². The van der Waals surface area contributed by atoms with Crippen LogP contribution in [0.25, 0.3) is 21.9 Å². The molecule has 0 bridgehead atoms. The summed E-state index contributed by atoms with van der Waals surface area (Å²) in [6, 6.07) is 21.1. The van der Waals surface area contributed by atoms with Gasteiger partial charge in [0, 0.05) is 22.5 Å². The van der Waals surface area contributed by atoms with Crippen LogP contribution in [0.3, 0.4) is 0 Å². The van der Waals surface area contributed by atoms with Gasteiger partial charge < -0.3 is 14.5 Å². The molecule has 0 aliphatic rings. The van der Waals surface area contributed by atoms with Crippen LogP contribution in [0.5, 0.6) is 5.75 Å². The van der Waals surface area contributed by atoms with E-state index >= 15 is 0 Å². The first-order valence-corrected chi connectivity index (χ1v) is 8.07. The van der Waals surface area contributed by atoms with Crippen molar-refractivity contribution in [2.75, 3.05) is 12.4 Å². The highest BCUT2D eigenvalue weighted by molar-refractivity contribution is 6.06. The molecule has 0 saturated carbocycles. The third kappa shape index (κ3) is 3.06. The van der Waals surface area contributed by atoms with Gasteiger partial charge in [-0.1, -0.05) is 30.3 Å². The Balaban J connectivity index is 1.53. The number of fused-ring (bicyclic) bond motifs is 3. The van der Waals surface area contributed by atoms with Crippen molar-refractivity contribution in [2.45, 2.75) is 6.42 Å². The zero-order valence-electron chi connectivity index (χ0n) is 13.8. The molecule has 0 unspecified atom stereocenters. The van der Waals surface area contributed by atoms with Crippen LogP contribution in [0.4, 0.5) is 5.69 Å². The first-order valence-electron chi connectivity index (χ1n) is 8.07. The van der Waals surface area contributed by atoms with E-state index in [1.807, 2.05) is 66.7 Å². The van der Waals surface area contributed by atoms with E-state index in [4.69, 9.17) is 9.15 Å². The van der Waals surface area contributed by atoms with Crippen LogP contribution >= 0.6 is 0 Å². The van der Waals surface area contributed by atoms with Crippen LogP contribution in [0, 0.1) is 0 Å². The monoisotopic (exact) mass is 331 g/mol. The van der Waals surface area contributed by atoms with Crippen LogP contribution in [-0.2, 0) is 11.2 Å². The smallest absolute Gasteiger partial charge is 0.228 e. The average molecular weight is 331 g/mol. The van der Waals surface area contributed by atoms with Gasteiger partial charge in [-0.25, -0.2) is 0 Å². The highest BCUT2D eigenvalue weighted by atomic mass is 16.5. The van der Waals surface area contributed by atoms with Gasteiger partial charge >= 0.3 is 0 Å². The molecule has 0 spiro atoms. The van der Waals surface area contributed by atoms with Crippen molar-refractivity contribution in [1.82, 2.24) is 0 Å². The molecule has 0 radical (unpaired) electrons. The number of methoxy groups -OCH3 is 1. The van der Waals surface area contributed by atoms with Gasteiger partial charge in [-0.3, -0.25) is 4.79 Å². The molecule has 0 saturated heterocycles. The van der Waals surface area contributed by atoms with Crippen molar-refractivity contribution in [1.29, 1.82) is 0 Å². The zero-order valence-corrected chi connectivity index (χ0v) is 13.8. The summed E-state index contributed by atoms with van der Waals surface area (Å²) in [6.07, 6.45) is 0.308. The molecule has 4 rings (SSSR count). The highest BCUT2D eigenvalue weighted by Crippen LogP contribution is 2.30. The first kappa shape index (κ1) is 15.3. The standard InChI is InChI=1S/C21H17NO3/c1-24-16-9-6-14(7-10-16)12-21(23)22-15-8-11-18-17-4-2-3-5-19(17)25-20(18)13-15/h2-11,13H,12H2,1H3,(H,22,23). The molecule has 0 fully saturated rings. The van der Waals surface area contributed by atoms with Crippen molar-refractivity contribution in [3.63, 3.8) is 0 Å². The Hall–Kier alpha value is -3.27. The molecule has 1 aromatic heterocycles. The highest BCUT2D eigenvalue weighted by Gasteiger charge is 2.09. The second-order valence-electron chi connectivity index (χ2n) is 5.88. The van der Waals surface area contributed by atoms with Gasteiger partial charge in [0.05, 0.1) is 13.5 Å². The second kappa shape index (κ2) is 6.32. The van der Waals surface area contributed by atoms with Gasteiger partial charge in [0.15, 0.2) is 0 Å². The van der Waals surface area contributed by atoms with Gasteiger partial charge in [0.25, 0.3) is 0 Å². The lowest BCUT2D eigenvalue weighted by atomic mass is 10.1. The molecular weight excluding hydrogens is 314 g/mol. The molecule has 4 nitrogen and oxygen atoms in total. The van der Waals surface area contributed by atoms with E-state index in [2.05, 4.69) is 5.32 Å². The molecule has 4 heteroatoms. The summed E-state index contributed by atoms with van der Waals surface area (Å²) in [5, 5.41) is 5.05. The number of ether oxygens (including phenoxy) is 1. The predicted octanol–water partition coefficient (Wildman–Crippen LogP) is 4.78. The summed E-state index contributed by atoms with van der Waals surface area (Å²) < 4.78 is 11.0. The topological polar surface area (TPSA) is 51.5 Å². The molecule has 1 amide bonds. The SMILES string of the molecule is COc1ccc(CC(=O)Nc2ccc3c(c2)oc2ccccc23)cc1. The molecular formula is C21H17NO3. The van der Waals surface area contributed by atoms with E-state index in [0.717, 1.165) is 38.9 Å². The van der Waals surface area contributed by atoms with Gasteiger partial charge in [-0.15, -0.1) is 0 Å². The second-order valence-corrected chi connectivity index (χ2v) is 5.88. The number of furan rings is 1. The lowest BCUT2D eigenvalue weighted by Gasteiger charge is -2.06. The third-order valence-corrected chi connectivity index (χ3v) is 4.19. The number of anilines is 1. The molecule has 4 aromatic rings.